The monoisotopic (exact) mass is 153 g/mol. The topological polar surface area (TPSA) is 29.1 Å². The minimum absolute atomic E-state index is 0.162. The lowest BCUT2D eigenvalue weighted by molar-refractivity contribution is -0.124. The highest BCUT2D eigenvalue weighted by molar-refractivity contribution is 5.89. The third kappa shape index (κ3) is 1.05. The van der Waals surface area contributed by atoms with Crippen molar-refractivity contribution in [2.24, 2.45) is 17.3 Å². The quantitative estimate of drug-likeness (QED) is 0.648. The van der Waals surface area contributed by atoms with E-state index in [0.717, 1.165) is 25.3 Å². The van der Waals surface area contributed by atoms with E-state index in [4.69, 9.17) is 0 Å². The average molecular weight is 153 g/mol. The van der Waals surface area contributed by atoms with Crippen molar-refractivity contribution in [3.05, 3.63) is 0 Å². The second-order valence-corrected chi connectivity index (χ2v) is 4.37. The number of hydrogen-bond acceptors (Lipinski definition) is 1. The van der Waals surface area contributed by atoms with Gasteiger partial charge in [0.05, 0.1) is 5.41 Å². The summed E-state index contributed by atoms with van der Waals surface area (Å²) in [4.78, 5) is 11.4. The molecule has 11 heavy (non-hydrogen) atoms. The highest BCUT2D eigenvalue weighted by Gasteiger charge is 2.74. The lowest BCUT2D eigenvalue weighted by Gasteiger charge is -2.08. The molecular weight excluding hydrogens is 138 g/mol. The molecule has 0 heterocycles. The Morgan fingerprint density at radius 3 is 2.55 bits per heavy atom. The first-order valence-corrected chi connectivity index (χ1v) is 4.43. The Bertz CT molecular complexity index is 192. The summed E-state index contributed by atoms with van der Waals surface area (Å²) in [5.74, 6) is 1.66. The molecule has 62 valence electrons. The third-order valence-electron chi connectivity index (χ3n) is 2.81. The van der Waals surface area contributed by atoms with Crippen molar-refractivity contribution >= 4 is 5.91 Å². The molecule has 0 spiro atoms. The zero-order valence-corrected chi connectivity index (χ0v) is 7.18. The first-order valence-electron chi connectivity index (χ1n) is 4.43. The summed E-state index contributed by atoms with van der Waals surface area (Å²) >= 11 is 0. The van der Waals surface area contributed by atoms with Crippen molar-refractivity contribution in [3.8, 4) is 0 Å². The molecular formula is C9H15NO. The summed E-state index contributed by atoms with van der Waals surface area (Å²) in [6.45, 7) is 5.08. The van der Waals surface area contributed by atoms with Gasteiger partial charge in [-0.15, -0.1) is 0 Å². The maximum Gasteiger partial charge on any atom is 0.226 e. The van der Waals surface area contributed by atoms with Crippen LogP contribution in [0, 0.1) is 17.3 Å². The Labute approximate surface area is 67.4 Å². The smallest absolute Gasteiger partial charge is 0.226 e. The molecule has 0 aromatic rings. The Hall–Kier alpha value is -0.530. The van der Waals surface area contributed by atoms with Crippen molar-refractivity contribution in [1.82, 2.24) is 5.32 Å². The first-order chi connectivity index (χ1) is 5.15. The fourth-order valence-corrected chi connectivity index (χ4v) is 1.55. The Morgan fingerprint density at radius 1 is 1.64 bits per heavy atom. The summed E-state index contributed by atoms with van der Waals surface area (Å²) in [6, 6.07) is 0. The van der Waals surface area contributed by atoms with Crippen LogP contribution < -0.4 is 5.32 Å². The van der Waals surface area contributed by atoms with Gasteiger partial charge in [-0.25, -0.2) is 0 Å². The van der Waals surface area contributed by atoms with Crippen LogP contribution in [-0.2, 0) is 4.79 Å². The zero-order chi connectivity index (χ0) is 8.06. The van der Waals surface area contributed by atoms with E-state index in [2.05, 4.69) is 19.2 Å². The molecule has 1 amide bonds. The third-order valence-corrected chi connectivity index (χ3v) is 2.81. The van der Waals surface area contributed by atoms with Gasteiger partial charge in [0.15, 0.2) is 0 Å². The van der Waals surface area contributed by atoms with Gasteiger partial charge in [-0.2, -0.15) is 0 Å². The van der Waals surface area contributed by atoms with Crippen LogP contribution in [0.15, 0.2) is 0 Å². The fourth-order valence-electron chi connectivity index (χ4n) is 1.55. The van der Waals surface area contributed by atoms with E-state index in [1.54, 1.807) is 0 Å². The number of carbonyl (C=O) groups excluding carboxylic acids is 1. The van der Waals surface area contributed by atoms with Gasteiger partial charge in [0.25, 0.3) is 0 Å². The van der Waals surface area contributed by atoms with Crippen molar-refractivity contribution in [2.75, 3.05) is 6.54 Å². The van der Waals surface area contributed by atoms with Gasteiger partial charge in [0, 0.05) is 6.54 Å². The van der Waals surface area contributed by atoms with E-state index in [-0.39, 0.29) is 5.41 Å². The predicted octanol–water partition coefficient (Wildman–Crippen LogP) is 1.17. The fraction of sp³-hybridized carbons (Fsp3) is 0.889. The molecule has 2 aliphatic carbocycles. The summed E-state index contributed by atoms with van der Waals surface area (Å²) in [5, 5.41) is 2.99. The minimum atomic E-state index is 0.162. The summed E-state index contributed by atoms with van der Waals surface area (Å²) in [6.07, 6.45) is 2.33. The SMILES string of the molecule is CC(C)CNC(=O)C12CC1C2. The molecule has 0 unspecified atom stereocenters. The molecule has 0 aliphatic heterocycles. The number of hydrogen-bond donors (Lipinski definition) is 1. The van der Waals surface area contributed by atoms with Crippen LogP contribution in [-0.4, -0.2) is 12.5 Å². The number of nitrogens with one attached hydrogen (secondary N) is 1. The summed E-state index contributed by atoms with van der Waals surface area (Å²) < 4.78 is 0. The first kappa shape index (κ1) is 7.14. The molecule has 0 saturated heterocycles. The van der Waals surface area contributed by atoms with Gasteiger partial charge < -0.3 is 5.32 Å². The molecule has 2 nitrogen and oxygen atoms in total. The van der Waals surface area contributed by atoms with Crippen molar-refractivity contribution in [3.63, 3.8) is 0 Å². The second kappa shape index (κ2) is 1.99. The van der Waals surface area contributed by atoms with Gasteiger partial charge in [0.2, 0.25) is 5.91 Å². The molecule has 0 aromatic carbocycles. The van der Waals surface area contributed by atoms with Crippen LogP contribution >= 0.6 is 0 Å². The maximum atomic E-state index is 11.4. The van der Waals surface area contributed by atoms with Crippen LogP contribution in [0.1, 0.15) is 26.7 Å². The Morgan fingerprint density at radius 2 is 2.18 bits per heavy atom. The highest BCUT2D eigenvalue weighted by atomic mass is 16.2. The molecule has 2 rings (SSSR count). The van der Waals surface area contributed by atoms with Gasteiger partial charge in [0.1, 0.15) is 0 Å². The van der Waals surface area contributed by atoms with E-state index < -0.39 is 0 Å². The van der Waals surface area contributed by atoms with Gasteiger partial charge in [-0.05, 0) is 24.7 Å². The molecule has 0 aromatic heterocycles. The average Bonchev–Trinajstić information content (AvgIpc) is 2.66. The van der Waals surface area contributed by atoms with Crippen LogP contribution in [0.3, 0.4) is 0 Å². The number of rotatable bonds is 3. The second-order valence-electron chi connectivity index (χ2n) is 4.37. The lowest BCUT2D eigenvalue weighted by atomic mass is 10.2. The summed E-state index contributed by atoms with van der Waals surface area (Å²) in [7, 11) is 0. The number of fused-ring (bicyclic) bond motifs is 1. The Kier molecular flexibility index (Phi) is 1.29. The van der Waals surface area contributed by atoms with Crippen molar-refractivity contribution < 1.29 is 4.79 Å². The lowest BCUT2D eigenvalue weighted by Crippen LogP contribution is -2.30. The molecule has 0 atom stereocenters. The molecule has 0 bridgehead atoms. The van der Waals surface area contributed by atoms with Crippen molar-refractivity contribution in [1.29, 1.82) is 0 Å². The normalized spacial score (nSPS) is 38.3. The van der Waals surface area contributed by atoms with Crippen LogP contribution in [0.4, 0.5) is 0 Å². The zero-order valence-electron chi connectivity index (χ0n) is 7.18. The van der Waals surface area contributed by atoms with Crippen LogP contribution in [0.25, 0.3) is 0 Å². The minimum Gasteiger partial charge on any atom is -0.355 e. The van der Waals surface area contributed by atoms with E-state index in [9.17, 15) is 4.79 Å². The van der Waals surface area contributed by atoms with E-state index in [1.165, 1.54) is 0 Å². The maximum absolute atomic E-state index is 11.4. The van der Waals surface area contributed by atoms with E-state index in [1.807, 2.05) is 0 Å². The Balaban J connectivity index is 1.74. The van der Waals surface area contributed by atoms with E-state index >= 15 is 0 Å². The predicted molar refractivity (Wildman–Crippen MR) is 43.0 cm³/mol. The van der Waals surface area contributed by atoms with Gasteiger partial charge in [-0.3, -0.25) is 4.79 Å². The molecule has 1 N–H and O–H groups in total. The molecule has 0 radical (unpaired) electrons. The van der Waals surface area contributed by atoms with E-state index in [0.29, 0.717) is 11.8 Å². The number of carbonyl (C=O) groups is 1. The van der Waals surface area contributed by atoms with Crippen molar-refractivity contribution in [2.45, 2.75) is 26.7 Å². The van der Waals surface area contributed by atoms with Crippen LogP contribution in [0.5, 0.6) is 0 Å². The molecule has 2 fully saturated rings. The molecule has 2 heteroatoms. The summed E-state index contributed by atoms with van der Waals surface area (Å²) in [5.41, 5.74) is 0.162. The van der Waals surface area contributed by atoms with Crippen LogP contribution in [0.2, 0.25) is 0 Å². The van der Waals surface area contributed by atoms with Gasteiger partial charge in [-0.1, -0.05) is 13.8 Å². The molecule has 2 aliphatic rings. The largest absolute Gasteiger partial charge is 0.355 e. The number of amides is 1. The van der Waals surface area contributed by atoms with Gasteiger partial charge >= 0.3 is 0 Å². The highest BCUT2D eigenvalue weighted by Crippen LogP contribution is 2.75. The molecule has 2 saturated carbocycles. The standard InChI is InChI=1S/C9H15NO/c1-6(2)5-10-8(11)9-3-7(9)4-9/h6-7H,3-5H2,1-2H3,(H,10,11).